The molecule has 0 fully saturated rings. The van der Waals surface area contributed by atoms with E-state index in [9.17, 15) is 0 Å². The molecule has 2 rings (SSSR count). The molecule has 71 valence electrons. The molecule has 0 N–H and O–H groups in total. The third-order valence-corrected chi connectivity index (χ3v) is 2.96. The van der Waals surface area contributed by atoms with Gasteiger partial charge in [-0.3, -0.25) is 0 Å². The summed E-state index contributed by atoms with van der Waals surface area (Å²) in [7, 11) is 1.67. The lowest BCUT2D eigenvalue weighted by atomic mass is 10.1. The van der Waals surface area contributed by atoms with Gasteiger partial charge in [0.2, 0.25) is 0 Å². The van der Waals surface area contributed by atoms with Crippen molar-refractivity contribution in [2.45, 2.75) is 6.92 Å². The summed E-state index contributed by atoms with van der Waals surface area (Å²) < 4.78 is 5.10. The Morgan fingerprint density at radius 2 is 2.00 bits per heavy atom. The monoisotopic (exact) mass is 204 g/mol. The fourth-order valence-corrected chi connectivity index (χ4v) is 1.99. The van der Waals surface area contributed by atoms with E-state index in [-0.39, 0.29) is 0 Å². The maximum absolute atomic E-state index is 5.10. The van der Waals surface area contributed by atoms with Crippen molar-refractivity contribution in [2.75, 3.05) is 7.11 Å². The molecule has 14 heavy (non-hydrogen) atoms. The van der Waals surface area contributed by atoms with Gasteiger partial charge in [0, 0.05) is 0 Å². The molecule has 0 saturated heterocycles. The highest BCUT2D eigenvalue weighted by Crippen LogP contribution is 2.27. The molecule has 0 saturated carbocycles. The molecule has 1 heterocycles. The van der Waals surface area contributed by atoms with Crippen LogP contribution in [0.3, 0.4) is 0 Å². The summed E-state index contributed by atoms with van der Waals surface area (Å²) in [6.07, 6.45) is 0. The summed E-state index contributed by atoms with van der Waals surface area (Å²) in [5, 5.41) is 0. The standard InChI is InChI=1S/C11H10NOS/c1-8-11(14-7-12-8)9-3-5-10(13-2)6-4-9/h3-6H,1-2H3. The highest BCUT2D eigenvalue weighted by molar-refractivity contribution is 7.12. The van der Waals surface area contributed by atoms with Crippen molar-refractivity contribution in [3.8, 4) is 16.2 Å². The number of aryl methyl sites for hydroxylation is 1. The first-order chi connectivity index (χ1) is 6.81. The molecule has 0 amide bonds. The van der Waals surface area contributed by atoms with Crippen molar-refractivity contribution in [3.05, 3.63) is 35.5 Å². The Balaban J connectivity index is 2.39. The van der Waals surface area contributed by atoms with Crippen LogP contribution in [-0.2, 0) is 0 Å². The number of hydrogen-bond acceptors (Lipinski definition) is 3. The van der Waals surface area contributed by atoms with Crippen LogP contribution in [0.1, 0.15) is 5.69 Å². The van der Waals surface area contributed by atoms with E-state index < -0.39 is 0 Å². The molecule has 0 aliphatic carbocycles. The summed E-state index contributed by atoms with van der Waals surface area (Å²) in [6.45, 7) is 1.99. The van der Waals surface area contributed by atoms with Crippen molar-refractivity contribution >= 4 is 11.3 Å². The minimum atomic E-state index is 0.875. The summed E-state index contributed by atoms with van der Waals surface area (Å²) >= 11 is 1.54. The number of thiazole rings is 1. The van der Waals surface area contributed by atoms with Crippen LogP contribution in [0.15, 0.2) is 24.3 Å². The van der Waals surface area contributed by atoms with Crippen LogP contribution < -0.4 is 4.74 Å². The minimum absolute atomic E-state index is 0.875. The Morgan fingerprint density at radius 1 is 1.29 bits per heavy atom. The van der Waals surface area contributed by atoms with Crippen LogP contribution in [0.25, 0.3) is 10.4 Å². The molecule has 0 bridgehead atoms. The van der Waals surface area contributed by atoms with E-state index in [4.69, 9.17) is 4.74 Å². The van der Waals surface area contributed by atoms with Gasteiger partial charge in [0.25, 0.3) is 0 Å². The minimum Gasteiger partial charge on any atom is -0.497 e. The first-order valence-electron chi connectivity index (χ1n) is 4.29. The van der Waals surface area contributed by atoms with Gasteiger partial charge in [0.15, 0.2) is 5.51 Å². The van der Waals surface area contributed by atoms with E-state index in [1.165, 1.54) is 21.8 Å². The van der Waals surface area contributed by atoms with Gasteiger partial charge >= 0.3 is 0 Å². The summed E-state index contributed by atoms with van der Waals surface area (Å²) in [4.78, 5) is 5.27. The number of ether oxygens (including phenoxy) is 1. The number of benzene rings is 1. The number of methoxy groups -OCH3 is 1. The average molecular weight is 204 g/mol. The highest BCUT2D eigenvalue weighted by Gasteiger charge is 2.04. The van der Waals surface area contributed by atoms with Crippen LogP contribution in [0.4, 0.5) is 0 Å². The fourth-order valence-electron chi connectivity index (χ4n) is 1.27. The van der Waals surface area contributed by atoms with Crippen LogP contribution in [-0.4, -0.2) is 12.1 Å². The van der Waals surface area contributed by atoms with Crippen LogP contribution in [0, 0.1) is 12.4 Å². The molecular formula is C11H10NOS. The number of hydrogen-bond donors (Lipinski definition) is 0. The molecule has 0 atom stereocenters. The molecule has 2 aromatic rings. The van der Waals surface area contributed by atoms with Gasteiger partial charge in [-0.15, -0.1) is 11.3 Å². The highest BCUT2D eigenvalue weighted by atomic mass is 32.1. The van der Waals surface area contributed by atoms with E-state index >= 15 is 0 Å². The molecule has 1 radical (unpaired) electrons. The normalized spacial score (nSPS) is 10.1. The van der Waals surface area contributed by atoms with Gasteiger partial charge in [0.1, 0.15) is 5.75 Å². The second-order valence-corrected chi connectivity index (χ2v) is 3.74. The number of rotatable bonds is 2. The lowest BCUT2D eigenvalue weighted by Crippen LogP contribution is -1.82. The second-order valence-electron chi connectivity index (χ2n) is 2.95. The maximum atomic E-state index is 5.10. The van der Waals surface area contributed by atoms with Crippen LogP contribution >= 0.6 is 11.3 Å². The Kier molecular flexibility index (Phi) is 2.50. The molecule has 1 aromatic carbocycles. The molecule has 0 spiro atoms. The van der Waals surface area contributed by atoms with Gasteiger partial charge < -0.3 is 4.74 Å². The van der Waals surface area contributed by atoms with Gasteiger partial charge in [-0.2, -0.15) is 0 Å². The molecular weight excluding hydrogens is 194 g/mol. The third kappa shape index (κ3) is 1.63. The molecule has 0 unspecified atom stereocenters. The average Bonchev–Trinajstić information content (AvgIpc) is 2.65. The van der Waals surface area contributed by atoms with E-state index in [0.29, 0.717) is 0 Å². The lowest BCUT2D eigenvalue weighted by Gasteiger charge is -2.01. The predicted molar refractivity (Wildman–Crippen MR) is 57.7 cm³/mol. The van der Waals surface area contributed by atoms with E-state index in [2.05, 4.69) is 10.5 Å². The first-order valence-corrected chi connectivity index (χ1v) is 5.11. The summed E-state index contributed by atoms with van der Waals surface area (Å²) in [5.41, 5.74) is 5.08. The van der Waals surface area contributed by atoms with Crippen LogP contribution in [0.5, 0.6) is 5.75 Å². The zero-order valence-corrected chi connectivity index (χ0v) is 8.89. The SMILES string of the molecule is COc1ccc(-c2s[c]nc2C)cc1. The zero-order valence-electron chi connectivity index (χ0n) is 8.07. The Bertz CT molecular complexity index is 419. The second kappa shape index (κ2) is 3.80. The Hall–Kier alpha value is -1.35. The molecule has 0 aliphatic heterocycles. The van der Waals surface area contributed by atoms with Gasteiger partial charge in [-0.05, 0) is 36.8 Å². The largest absolute Gasteiger partial charge is 0.497 e. The quantitative estimate of drug-likeness (QED) is 0.750. The van der Waals surface area contributed by atoms with Gasteiger partial charge in [-0.25, -0.2) is 4.98 Å². The van der Waals surface area contributed by atoms with Crippen molar-refractivity contribution in [1.29, 1.82) is 0 Å². The van der Waals surface area contributed by atoms with E-state index in [0.717, 1.165) is 11.4 Å². The Morgan fingerprint density at radius 3 is 2.50 bits per heavy atom. The van der Waals surface area contributed by atoms with Gasteiger partial charge in [-0.1, -0.05) is 0 Å². The lowest BCUT2D eigenvalue weighted by molar-refractivity contribution is 0.415. The number of nitrogens with zero attached hydrogens (tertiary/aromatic N) is 1. The van der Waals surface area contributed by atoms with E-state index in [1.807, 2.05) is 31.2 Å². The van der Waals surface area contributed by atoms with Crippen LogP contribution in [0.2, 0.25) is 0 Å². The van der Waals surface area contributed by atoms with Crippen molar-refractivity contribution in [3.63, 3.8) is 0 Å². The summed E-state index contributed by atoms with van der Waals surface area (Å²) in [5.74, 6) is 0.875. The molecule has 3 heteroatoms. The Labute approximate surface area is 87.2 Å². The smallest absolute Gasteiger partial charge is 0.153 e. The third-order valence-electron chi connectivity index (χ3n) is 2.04. The van der Waals surface area contributed by atoms with Crippen molar-refractivity contribution in [1.82, 2.24) is 4.98 Å². The van der Waals surface area contributed by atoms with Crippen molar-refractivity contribution in [2.24, 2.45) is 0 Å². The van der Waals surface area contributed by atoms with E-state index in [1.54, 1.807) is 7.11 Å². The number of aromatic nitrogens is 1. The molecule has 2 nitrogen and oxygen atoms in total. The topological polar surface area (TPSA) is 22.1 Å². The predicted octanol–water partition coefficient (Wildman–Crippen LogP) is 2.93. The molecule has 1 aromatic heterocycles. The van der Waals surface area contributed by atoms with Gasteiger partial charge in [0.05, 0.1) is 17.7 Å². The summed E-state index contributed by atoms with van der Waals surface area (Å²) in [6, 6.07) is 7.98. The maximum Gasteiger partial charge on any atom is 0.153 e. The van der Waals surface area contributed by atoms with Crippen molar-refractivity contribution < 1.29 is 4.74 Å². The first kappa shape index (κ1) is 9.21. The molecule has 0 aliphatic rings. The fraction of sp³-hybridized carbons (Fsp3) is 0.182. The zero-order chi connectivity index (χ0) is 9.97.